The lowest BCUT2D eigenvalue weighted by atomic mass is 9.82. The maximum absolute atomic E-state index is 14.7. The van der Waals surface area contributed by atoms with Gasteiger partial charge < -0.3 is 15.5 Å². The maximum Gasteiger partial charge on any atom is 0.322 e. The third kappa shape index (κ3) is 7.43. The minimum atomic E-state index is -1.89. The van der Waals surface area contributed by atoms with Crippen LogP contribution in [-0.4, -0.2) is 28.7 Å². The number of hydrogen-bond acceptors (Lipinski definition) is 3. The fourth-order valence-corrected chi connectivity index (χ4v) is 3.72. The van der Waals surface area contributed by atoms with Crippen molar-refractivity contribution in [2.24, 2.45) is 5.41 Å². The third-order valence-corrected chi connectivity index (χ3v) is 6.10. The maximum atomic E-state index is 14.7. The molecule has 2 rings (SSSR count). The first kappa shape index (κ1) is 27.1. The molecule has 0 saturated carbocycles. The van der Waals surface area contributed by atoms with Crippen molar-refractivity contribution in [1.82, 2.24) is 5.32 Å². The number of aliphatic carboxylic acids is 2. The Labute approximate surface area is 201 Å². The van der Waals surface area contributed by atoms with Gasteiger partial charge in [0.2, 0.25) is 0 Å². The summed E-state index contributed by atoms with van der Waals surface area (Å²) >= 11 is 0. The quantitative estimate of drug-likeness (QED) is 0.201. The topological polar surface area (TPSA) is 86.6 Å². The van der Waals surface area contributed by atoms with Gasteiger partial charge >= 0.3 is 11.9 Å². The van der Waals surface area contributed by atoms with Crippen molar-refractivity contribution in [3.8, 4) is 23.0 Å². The lowest BCUT2D eigenvalue weighted by Gasteiger charge is -2.19. The first-order chi connectivity index (χ1) is 16.3. The first-order valence-electron chi connectivity index (χ1n) is 11.8. The Balaban J connectivity index is 1.89. The third-order valence-electron chi connectivity index (χ3n) is 6.10. The number of carboxylic acids is 2. The summed E-state index contributed by atoms with van der Waals surface area (Å²) in [5.74, 6) is 2.33. The van der Waals surface area contributed by atoms with Gasteiger partial charge in [-0.1, -0.05) is 75.4 Å². The summed E-state index contributed by atoms with van der Waals surface area (Å²) < 4.78 is 14.7. The summed E-state index contributed by atoms with van der Waals surface area (Å²) in [6, 6.07) is 13.2. The van der Waals surface area contributed by atoms with Gasteiger partial charge in [-0.15, -0.1) is 5.92 Å². The van der Waals surface area contributed by atoms with Crippen molar-refractivity contribution in [2.75, 3.05) is 6.54 Å². The molecule has 5 nitrogen and oxygen atoms in total. The summed E-state index contributed by atoms with van der Waals surface area (Å²) in [4.78, 5) is 22.7. The van der Waals surface area contributed by atoms with Crippen LogP contribution >= 0.6 is 0 Å². The molecule has 0 amide bonds. The van der Waals surface area contributed by atoms with Gasteiger partial charge in [-0.05, 0) is 42.0 Å². The van der Waals surface area contributed by atoms with E-state index in [1.165, 1.54) is 44.2 Å². The highest BCUT2D eigenvalue weighted by Crippen LogP contribution is 2.27. The number of rotatable bonds is 13. The Bertz CT molecular complexity index is 1010. The highest BCUT2D eigenvalue weighted by molar-refractivity contribution is 5.98. The van der Waals surface area contributed by atoms with Gasteiger partial charge in [0, 0.05) is 18.5 Å². The van der Waals surface area contributed by atoms with Gasteiger partial charge in [-0.2, -0.15) is 0 Å². The van der Waals surface area contributed by atoms with Crippen molar-refractivity contribution in [2.45, 2.75) is 65.3 Å². The largest absolute Gasteiger partial charge is 0.480 e. The Hall–Kier alpha value is -3.17. The van der Waals surface area contributed by atoms with Crippen molar-refractivity contribution >= 4 is 11.9 Å². The van der Waals surface area contributed by atoms with Gasteiger partial charge in [-0.3, -0.25) is 9.59 Å². The molecule has 182 valence electrons. The van der Waals surface area contributed by atoms with E-state index in [2.05, 4.69) is 36.2 Å². The van der Waals surface area contributed by atoms with E-state index in [0.717, 1.165) is 17.5 Å². The summed E-state index contributed by atoms with van der Waals surface area (Å²) in [5, 5.41) is 21.5. The summed E-state index contributed by atoms with van der Waals surface area (Å²) in [6.45, 7) is 4.34. The molecule has 2 aromatic carbocycles. The average Bonchev–Trinajstić information content (AvgIpc) is 2.82. The van der Waals surface area contributed by atoms with Crippen LogP contribution in [0.25, 0.3) is 11.1 Å². The van der Waals surface area contributed by atoms with E-state index in [0.29, 0.717) is 12.1 Å². The molecule has 0 heterocycles. The molecule has 0 spiro atoms. The second-order valence-electron chi connectivity index (χ2n) is 8.50. The molecule has 0 aliphatic rings. The Morgan fingerprint density at radius 1 is 0.941 bits per heavy atom. The molecule has 0 radical (unpaired) electrons. The SMILES string of the molecule is CCCCCCc1ccc(-c2ccc(CNCC#CCC(CC)(C(=O)O)C(=O)O)cc2F)cc1. The zero-order valence-electron chi connectivity index (χ0n) is 20.0. The predicted molar refractivity (Wildman–Crippen MR) is 132 cm³/mol. The second kappa shape index (κ2) is 13.5. The molecule has 3 N–H and O–H groups in total. The molecular weight excluding hydrogens is 433 g/mol. The normalized spacial score (nSPS) is 11.0. The molecule has 6 heteroatoms. The Morgan fingerprint density at radius 2 is 1.62 bits per heavy atom. The van der Waals surface area contributed by atoms with E-state index in [1.807, 2.05) is 18.2 Å². The van der Waals surface area contributed by atoms with Crippen LogP contribution in [0.3, 0.4) is 0 Å². The second-order valence-corrected chi connectivity index (χ2v) is 8.50. The Morgan fingerprint density at radius 3 is 2.21 bits per heavy atom. The van der Waals surface area contributed by atoms with E-state index in [9.17, 15) is 24.2 Å². The fraction of sp³-hybridized carbons (Fsp3) is 0.429. The minimum Gasteiger partial charge on any atom is -0.480 e. The molecule has 0 bridgehead atoms. The summed E-state index contributed by atoms with van der Waals surface area (Å²) in [5.41, 5.74) is 1.54. The van der Waals surface area contributed by atoms with Crippen LogP contribution in [0.1, 0.15) is 63.5 Å². The van der Waals surface area contributed by atoms with Crippen LogP contribution in [0.15, 0.2) is 42.5 Å². The van der Waals surface area contributed by atoms with Crippen molar-refractivity contribution in [1.29, 1.82) is 0 Å². The van der Waals surface area contributed by atoms with Crippen LogP contribution in [0, 0.1) is 23.1 Å². The van der Waals surface area contributed by atoms with Crippen LogP contribution in [-0.2, 0) is 22.6 Å². The molecule has 34 heavy (non-hydrogen) atoms. The number of carbonyl (C=O) groups is 2. The highest BCUT2D eigenvalue weighted by Gasteiger charge is 2.44. The van der Waals surface area contributed by atoms with E-state index < -0.39 is 17.4 Å². The molecule has 0 saturated heterocycles. The molecule has 0 unspecified atom stereocenters. The number of unbranched alkanes of at least 4 members (excludes halogenated alkanes) is 3. The van der Waals surface area contributed by atoms with Gasteiger partial charge in [0.05, 0.1) is 6.54 Å². The molecule has 0 atom stereocenters. The van der Waals surface area contributed by atoms with Crippen molar-refractivity contribution < 1.29 is 24.2 Å². The number of hydrogen-bond donors (Lipinski definition) is 3. The minimum absolute atomic E-state index is 0.0485. The number of aryl methyl sites for hydroxylation is 1. The summed E-state index contributed by atoms with van der Waals surface area (Å²) in [7, 11) is 0. The molecule has 0 aliphatic carbocycles. The lowest BCUT2D eigenvalue weighted by molar-refractivity contribution is -0.164. The lowest BCUT2D eigenvalue weighted by Crippen LogP contribution is -2.38. The van der Waals surface area contributed by atoms with Crippen molar-refractivity contribution in [3.63, 3.8) is 0 Å². The van der Waals surface area contributed by atoms with E-state index in [-0.39, 0.29) is 25.2 Å². The highest BCUT2D eigenvalue weighted by atomic mass is 19.1. The molecule has 0 aliphatic heterocycles. The molecule has 0 fully saturated rings. The fourth-order valence-electron chi connectivity index (χ4n) is 3.72. The van der Waals surface area contributed by atoms with Crippen LogP contribution in [0.5, 0.6) is 0 Å². The molecule has 0 aromatic heterocycles. The molecular formula is C28H34FNO4. The standard InChI is InChI=1S/C28H34FNO4/c1-3-5-6-7-10-21-11-14-23(15-12-21)24-16-13-22(19-25(24)29)20-30-18-9-8-17-28(4-2,26(31)32)27(33)34/h11-16,19,30H,3-7,10,17-18,20H2,1-2H3,(H,31,32)(H,33,34). The number of halogens is 1. The van der Waals surface area contributed by atoms with E-state index in [4.69, 9.17) is 0 Å². The smallest absolute Gasteiger partial charge is 0.322 e. The van der Waals surface area contributed by atoms with Gasteiger partial charge in [0.1, 0.15) is 5.82 Å². The Kier molecular flexibility index (Phi) is 10.8. The van der Waals surface area contributed by atoms with Gasteiger partial charge in [-0.25, -0.2) is 4.39 Å². The van der Waals surface area contributed by atoms with Gasteiger partial charge in [0.25, 0.3) is 0 Å². The molecule has 2 aromatic rings. The van der Waals surface area contributed by atoms with Gasteiger partial charge in [0.15, 0.2) is 5.41 Å². The van der Waals surface area contributed by atoms with Crippen molar-refractivity contribution in [3.05, 3.63) is 59.4 Å². The van der Waals surface area contributed by atoms with E-state index in [1.54, 1.807) is 6.07 Å². The number of nitrogens with one attached hydrogen (secondary N) is 1. The van der Waals surface area contributed by atoms with Crippen LogP contribution < -0.4 is 5.32 Å². The summed E-state index contributed by atoms with van der Waals surface area (Å²) in [6.07, 6.45) is 5.61. The zero-order chi connectivity index (χ0) is 25.0. The average molecular weight is 468 g/mol. The van der Waals surface area contributed by atoms with Crippen LogP contribution in [0.4, 0.5) is 4.39 Å². The number of carboxylic acid groups (broad SMARTS) is 2. The number of benzene rings is 2. The zero-order valence-corrected chi connectivity index (χ0v) is 20.0. The van der Waals surface area contributed by atoms with Crippen LogP contribution in [0.2, 0.25) is 0 Å². The predicted octanol–water partition coefficient (Wildman–Crippen LogP) is 5.66. The monoisotopic (exact) mass is 467 g/mol. The first-order valence-corrected chi connectivity index (χ1v) is 11.8. The van der Waals surface area contributed by atoms with E-state index >= 15 is 0 Å².